The van der Waals surface area contributed by atoms with Gasteiger partial charge in [0.1, 0.15) is 11.5 Å². The number of nitrogens with one attached hydrogen (secondary N) is 1. The summed E-state index contributed by atoms with van der Waals surface area (Å²) in [5.41, 5.74) is 0. The normalized spacial score (nSPS) is 9.67. The number of rotatable bonds is 6. The van der Waals surface area contributed by atoms with E-state index < -0.39 is 0 Å². The molecule has 1 amide bonds. The lowest BCUT2D eigenvalue weighted by Crippen LogP contribution is -2.22. The predicted octanol–water partition coefficient (Wildman–Crippen LogP) is 1.52. The van der Waals surface area contributed by atoms with Crippen LogP contribution in [0.1, 0.15) is 19.8 Å². The number of hydrogen-bond acceptors (Lipinski definition) is 4. The highest BCUT2D eigenvalue weighted by Crippen LogP contribution is 2.17. The number of ether oxygens (including phenoxy) is 2. The monoisotopic (exact) mass is 251 g/mol. The van der Waals surface area contributed by atoms with Crippen LogP contribution in [0.25, 0.3) is 0 Å². The van der Waals surface area contributed by atoms with Crippen LogP contribution in [0, 0.1) is 0 Å². The van der Waals surface area contributed by atoms with Crippen molar-refractivity contribution in [1.82, 2.24) is 5.32 Å². The number of carbonyl (C=O) groups is 2. The minimum Gasteiger partial charge on any atom is -0.497 e. The summed E-state index contributed by atoms with van der Waals surface area (Å²) in [5.74, 6) is 0.782. The molecule has 0 unspecified atom stereocenters. The summed E-state index contributed by atoms with van der Waals surface area (Å²) < 4.78 is 10.1. The van der Waals surface area contributed by atoms with Gasteiger partial charge in [-0.05, 0) is 30.7 Å². The molecule has 0 fully saturated rings. The SMILES string of the molecule is COc1ccc(OC(=O)CCCNC(C)=O)cc1. The topological polar surface area (TPSA) is 64.6 Å². The fraction of sp³-hybridized carbons (Fsp3) is 0.385. The van der Waals surface area contributed by atoms with Gasteiger partial charge in [-0.15, -0.1) is 0 Å². The second-order valence-electron chi connectivity index (χ2n) is 3.74. The van der Waals surface area contributed by atoms with Crippen molar-refractivity contribution in [3.63, 3.8) is 0 Å². The van der Waals surface area contributed by atoms with Crippen molar-refractivity contribution in [2.24, 2.45) is 0 Å². The molecule has 0 aliphatic rings. The highest BCUT2D eigenvalue weighted by molar-refractivity contribution is 5.73. The zero-order valence-electron chi connectivity index (χ0n) is 10.6. The van der Waals surface area contributed by atoms with Crippen molar-refractivity contribution >= 4 is 11.9 Å². The van der Waals surface area contributed by atoms with Crippen molar-refractivity contribution in [3.8, 4) is 11.5 Å². The standard InChI is InChI=1S/C13H17NO4/c1-10(15)14-9-3-4-13(16)18-12-7-5-11(17-2)6-8-12/h5-8H,3-4,9H2,1-2H3,(H,14,15). The Morgan fingerprint density at radius 3 is 2.33 bits per heavy atom. The maximum absolute atomic E-state index is 11.4. The van der Waals surface area contributed by atoms with Gasteiger partial charge in [-0.1, -0.05) is 0 Å². The van der Waals surface area contributed by atoms with Crippen molar-refractivity contribution in [3.05, 3.63) is 24.3 Å². The fourth-order valence-electron chi connectivity index (χ4n) is 1.32. The zero-order valence-corrected chi connectivity index (χ0v) is 10.6. The molecule has 1 aromatic rings. The Kier molecular flexibility index (Phi) is 5.70. The lowest BCUT2D eigenvalue weighted by atomic mass is 10.3. The molecular formula is C13H17NO4. The molecule has 0 heterocycles. The average molecular weight is 251 g/mol. The molecule has 0 aromatic heterocycles. The van der Waals surface area contributed by atoms with E-state index in [0.29, 0.717) is 24.5 Å². The van der Waals surface area contributed by atoms with Crippen LogP contribution in [0.15, 0.2) is 24.3 Å². The molecule has 98 valence electrons. The smallest absolute Gasteiger partial charge is 0.311 e. The van der Waals surface area contributed by atoms with Gasteiger partial charge in [0.05, 0.1) is 7.11 Å². The molecule has 0 saturated heterocycles. The van der Waals surface area contributed by atoms with Gasteiger partial charge in [0, 0.05) is 19.9 Å². The number of methoxy groups -OCH3 is 1. The average Bonchev–Trinajstić information content (AvgIpc) is 2.35. The van der Waals surface area contributed by atoms with Gasteiger partial charge in [-0.2, -0.15) is 0 Å². The van der Waals surface area contributed by atoms with E-state index in [1.165, 1.54) is 6.92 Å². The molecule has 5 heteroatoms. The molecule has 1 N–H and O–H groups in total. The van der Waals surface area contributed by atoms with Crippen molar-refractivity contribution in [2.45, 2.75) is 19.8 Å². The van der Waals surface area contributed by atoms with Gasteiger partial charge in [-0.25, -0.2) is 0 Å². The molecule has 0 atom stereocenters. The van der Waals surface area contributed by atoms with E-state index in [-0.39, 0.29) is 18.3 Å². The van der Waals surface area contributed by atoms with Crippen LogP contribution in [0.2, 0.25) is 0 Å². The summed E-state index contributed by atoms with van der Waals surface area (Å²) in [7, 11) is 1.57. The lowest BCUT2D eigenvalue weighted by molar-refractivity contribution is -0.134. The first-order chi connectivity index (χ1) is 8.61. The number of amides is 1. The molecular weight excluding hydrogens is 234 g/mol. The minimum absolute atomic E-state index is 0.0986. The molecule has 0 radical (unpaired) electrons. The second kappa shape index (κ2) is 7.32. The third-order valence-corrected chi connectivity index (χ3v) is 2.22. The van der Waals surface area contributed by atoms with Crippen LogP contribution >= 0.6 is 0 Å². The van der Waals surface area contributed by atoms with Crippen LogP contribution in [0.3, 0.4) is 0 Å². The number of benzene rings is 1. The predicted molar refractivity (Wildman–Crippen MR) is 66.5 cm³/mol. The zero-order chi connectivity index (χ0) is 13.4. The van der Waals surface area contributed by atoms with E-state index in [1.807, 2.05) is 0 Å². The Hall–Kier alpha value is -2.04. The third-order valence-electron chi connectivity index (χ3n) is 2.22. The molecule has 0 aliphatic heterocycles. The first-order valence-electron chi connectivity index (χ1n) is 5.71. The summed E-state index contributed by atoms with van der Waals surface area (Å²) in [6.45, 7) is 1.92. The quantitative estimate of drug-likeness (QED) is 0.473. The van der Waals surface area contributed by atoms with E-state index in [9.17, 15) is 9.59 Å². The summed E-state index contributed by atoms with van der Waals surface area (Å²) in [6, 6.07) is 6.79. The Morgan fingerprint density at radius 2 is 1.78 bits per heavy atom. The van der Waals surface area contributed by atoms with Gasteiger partial charge in [0.25, 0.3) is 0 Å². The molecule has 5 nitrogen and oxygen atoms in total. The van der Waals surface area contributed by atoms with Crippen LogP contribution < -0.4 is 14.8 Å². The van der Waals surface area contributed by atoms with Gasteiger partial charge >= 0.3 is 5.97 Å². The summed E-state index contributed by atoms with van der Waals surface area (Å²) in [4.78, 5) is 22.0. The van der Waals surface area contributed by atoms with Crippen LogP contribution in [-0.2, 0) is 9.59 Å². The first-order valence-corrected chi connectivity index (χ1v) is 5.71. The highest BCUT2D eigenvalue weighted by Gasteiger charge is 2.04. The van der Waals surface area contributed by atoms with Crippen molar-refractivity contribution < 1.29 is 19.1 Å². The highest BCUT2D eigenvalue weighted by atomic mass is 16.5. The maximum Gasteiger partial charge on any atom is 0.311 e. The second-order valence-corrected chi connectivity index (χ2v) is 3.74. The van der Waals surface area contributed by atoms with E-state index >= 15 is 0 Å². The van der Waals surface area contributed by atoms with Crippen LogP contribution in [0.5, 0.6) is 11.5 Å². The Balaban J connectivity index is 2.28. The van der Waals surface area contributed by atoms with Crippen molar-refractivity contribution in [2.75, 3.05) is 13.7 Å². The Bertz CT molecular complexity index is 400. The number of hydrogen-bond donors (Lipinski definition) is 1. The molecule has 0 aliphatic carbocycles. The van der Waals surface area contributed by atoms with E-state index in [2.05, 4.69) is 5.32 Å². The molecule has 0 bridgehead atoms. The molecule has 0 saturated carbocycles. The maximum atomic E-state index is 11.4. The van der Waals surface area contributed by atoms with Gasteiger partial charge in [0.15, 0.2) is 0 Å². The largest absolute Gasteiger partial charge is 0.497 e. The first kappa shape index (κ1) is 14.0. The van der Waals surface area contributed by atoms with E-state index in [0.717, 1.165) is 0 Å². The van der Waals surface area contributed by atoms with E-state index in [4.69, 9.17) is 9.47 Å². The van der Waals surface area contributed by atoms with Gasteiger partial charge in [0.2, 0.25) is 5.91 Å². The van der Waals surface area contributed by atoms with E-state index in [1.54, 1.807) is 31.4 Å². The van der Waals surface area contributed by atoms with Crippen LogP contribution in [0.4, 0.5) is 0 Å². The molecule has 1 rings (SSSR count). The summed E-state index contributed by atoms with van der Waals surface area (Å²) >= 11 is 0. The minimum atomic E-state index is -0.314. The fourth-order valence-corrected chi connectivity index (χ4v) is 1.32. The van der Waals surface area contributed by atoms with Crippen LogP contribution in [-0.4, -0.2) is 25.5 Å². The Labute approximate surface area is 106 Å². The van der Waals surface area contributed by atoms with Crippen molar-refractivity contribution in [1.29, 1.82) is 0 Å². The number of esters is 1. The lowest BCUT2D eigenvalue weighted by Gasteiger charge is -2.05. The van der Waals surface area contributed by atoms with Gasteiger partial charge in [-0.3, -0.25) is 9.59 Å². The molecule has 0 spiro atoms. The van der Waals surface area contributed by atoms with Gasteiger partial charge < -0.3 is 14.8 Å². The molecule has 1 aromatic carbocycles. The Morgan fingerprint density at radius 1 is 1.17 bits per heavy atom. The number of carbonyl (C=O) groups excluding carboxylic acids is 2. The molecule has 18 heavy (non-hydrogen) atoms. The third kappa shape index (κ3) is 5.34. The summed E-state index contributed by atoms with van der Waals surface area (Å²) in [5, 5.41) is 2.62. The summed E-state index contributed by atoms with van der Waals surface area (Å²) in [6.07, 6.45) is 0.834.